The van der Waals surface area contributed by atoms with Crippen LogP contribution in [0.25, 0.3) is 0 Å². The van der Waals surface area contributed by atoms with E-state index >= 15 is 0 Å². The van der Waals surface area contributed by atoms with Gasteiger partial charge in [0.25, 0.3) is 0 Å². The minimum Gasteiger partial charge on any atom is -0.468 e. The highest BCUT2D eigenvalue weighted by atomic mass is 19.1. The van der Waals surface area contributed by atoms with Crippen LogP contribution in [0.3, 0.4) is 0 Å². The van der Waals surface area contributed by atoms with Crippen LogP contribution in [-0.4, -0.2) is 29.8 Å². The highest BCUT2D eigenvalue weighted by Crippen LogP contribution is 2.27. The van der Waals surface area contributed by atoms with Gasteiger partial charge in [0.05, 0.1) is 12.3 Å². The minimum absolute atomic E-state index is 0.209. The lowest BCUT2D eigenvalue weighted by molar-refractivity contribution is -0.136. The topological polar surface area (TPSA) is 74.6 Å². The molecule has 6 nitrogen and oxygen atoms in total. The molecule has 7 heteroatoms. The third-order valence-electron chi connectivity index (χ3n) is 5.22. The molecule has 1 atom stereocenters. The zero-order valence-corrected chi connectivity index (χ0v) is 16.3. The summed E-state index contributed by atoms with van der Waals surface area (Å²) < 4.78 is 18.9. The second-order valence-corrected chi connectivity index (χ2v) is 7.19. The maximum absolute atomic E-state index is 13.3. The standard InChI is InChI=1S/C23H22FN3O3/c24-18-7-3-8-19(13-18)26-23(29)22(28)25-14-20(21-9-4-12-30-21)27-11-10-16-5-1-2-6-17(16)15-27/h1-9,12-13,20H,10-11,14-15H2,(H,25,28)(H,26,29). The normalized spacial score (nSPS) is 14.6. The summed E-state index contributed by atoms with van der Waals surface area (Å²) in [6, 6.07) is 17.2. The van der Waals surface area contributed by atoms with E-state index in [1.165, 1.54) is 29.3 Å². The first-order chi connectivity index (χ1) is 14.6. The molecule has 154 valence electrons. The maximum atomic E-state index is 13.3. The van der Waals surface area contributed by atoms with Crippen LogP contribution in [0.15, 0.2) is 71.3 Å². The fourth-order valence-corrected chi connectivity index (χ4v) is 3.70. The van der Waals surface area contributed by atoms with Crippen LogP contribution in [-0.2, 0) is 22.6 Å². The number of amides is 2. The molecule has 0 spiro atoms. The Morgan fingerprint density at radius 3 is 2.63 bits per heavy atom. The largest absolute Gasteiger partial charge is 0.468 e. The van der Waals surface area contributed by atoms with Crippen molar-refractivity contribution in [3.8, 4) is 0 Å². The molecular formula is C23H22FN3O3. The number of benzene rings is 2. The Hall–Kier alpha value is -3.45. The fraction of sp³-hybridized carbons (Fsp3) is 0.217. The highest BCUT2D eigenvalue weighted by molar-refractivity contribution is 6.39. The third kappa shape index (κ3) is 4.58. The minimum atomic E-state index is -0.845. The van der Waals surface area contributed by atoms with Crippen molar-refractivity contribution in [1.29, 1.82) is 0 Å². The Morgan fingerprint density at radius 2 is 1.87 bits per heavy atom. The Bertz CT molecular complexity index is 1040. The SMILES string of the molecule is O=C(NCC(c1ccco1)N1CCc2ccccc2C1)C(=O)Nc1cccc(F)c1. The van der Waals surface area contributed by atoms with E-state index in [-0.39, 0.29) is 18.3 Å². The van der Waals surface area contributed by atoms with Gasteiger partial charge in [0.2, 0.25) is 0 Å². The van der Waals surface area contributed by atoms with Gasteiger partial charge in [-0.05, 0) is 47.9 Å². The van der Waals surface area contributed by atoms with Gasteiger partial charge in [0.15, 0.2) is 0 Å². The monoisotopic (exact) mass is 407 g/mol. The predicted octanol–water partition coefficient (Wildman–Crippen LogP) is 3.27. The molecule has 1 unspecified atom stereocenters. The zero-order chi connectivity index (χ0) is 20.9. The molecule has 2 N–H and O–H groups in total. The van der Waals surface area contributed by atoms with Gasteiger partial charge in [-0.3, -0.25) is 14.5 Å². The average Bonchev–Trinajstić information content (AvgIpc) is 3.28. The second kappa shape index (κ2) is 8.92. The van der Waals surface area contributed by atoms with Crippen molar-refractivity contribution in [1.82, 2.24) is 10.2 Å². The lowest BCUT2D eigenvalue weighted by Gasteiger charge is -2.34. The summed E-state index contributed by atoms with van der Waals surface area (Å²) in [6.07, 6.45) is 2.50. The number of hydrogen-bond acceptors (Lipinski definition) is 4. The van der Waals surface area contributed by atoms with E-state index in [4.69, 9.17) is 4.42 Å². The van der Waals surface area contributed by atoms with Gasteiger partial charge in [0.1, 0.15) is 11.6 Å². The molecule has 0 bridgehead atoms. The van der Waals surface area contributed by atoms with Gasteiger partial charge in [0, 0.05) is 25.3 Å². The van der Waals surface area contributed by atoms with Crippen LogP contribution < -0.4 is 10.6 Å². The van der Waals surface area contributed by atoms with Gasteiger partial charge in [-0.15, -0.1) is 0 Å². The fourth-order valence-electron chi connectivity index (χ4n) is 3.70. The molecule has 2 heterocycles. The Labute approximate surface area is 173 Å². The van der Waals surface area contributed by atoms with Crippen LogP contribution in [0, 0.1) is 5.82 Å². The van der Waals surface area contributed by atoms with Crippen molar-refractivity contribution in [3.05, 3.63) is 89.6 Å². The van der Waals surface area contributed by atoms with Crippen LogP contribution in [0.4, 0.5) is 10.1 Å². The summed E-state index contributed by atoms with van der Waals surface area (Å²) >= 11 is 0. The van der Waals surface area contributed by atoms with E-state index < -0.39 is 17.6 Å². The number of nitrogens with zero attached hydrogens (tertiary/aromatic N) is 1. The van der Waals surface area contributed by atoms with E-state index in [1.807, 2.05) is 18.2 Å². The van der Waals surface area contributed by atoms with Gasteiger partial charge in [-0.2, -0.15) is 0 Å². The molecule has 0 fully saturated rings. The third-order valence-corrected chi connectivity index (χ3v) is 5.22. The number of furan rings is 1. The van der Waals surface area contributed by atoms with Crippen molar-refractivity contribution in [2.24, 2.45) is 0 Å². The van der Waals surface area contributed by atoms with Gasteiger partial charge >= 0.3 is 11.8 Å². The summed E-state index contributed by atoms with van der Waals surface area (Å²) in [5.41, 5.74) is 2.80. The Kier molecular flexibility index (Phi) is 5.90. The molecule has 2 aromatic carbocycles. The predicted molar refractivity (Wildman–Crippen MR) is 110 cm³/mol. The smallest absolute Gasteiger partial charge is 0.313 e. The molecule has 4 rings (SSSR count). The highest BCUT2D eigenvalue weighted by Gasteiger charge is 2.27. The number of halogens is 1. The molecular weight excluding hydrogens is 385 g/mol. The van der Waals surface area contributed by atoms with Crippen molar-refractivity contribution < 1.29 is 18.4 Å². The zero-order valence-electron chi connectivity index (χ0n) is 16.3. The van der Waals surface area contributed by atoms with Crippen LogP contribution in [0.1, 0.15) is 22.9 Å². The first-order valence-electron chi connectivity index (χ1n) is 9.79. The van der Waals surface area contributed by atoms with Crippen LogP contribution in [0.2, 0.25) is 0 Å². The molecule has 0 aliphatic carbocycles. The second-order valence-electron chi connectivity index (χ2n) is 7.19. The van der Waals surface area contributed by atoms with Crippen LogP contribution in [0.5, 0.6) is 0 Å². The van der Waals surface area contributed by atoms with Crippen molar-refractivity contribution in [3.63, 3.8) is 0 Å². The van der Waals surface area contributed by atoms with E-state index in [1.54, 1.807) is 12.3 Å². The summed E-state index contributed by atoms with van der Waals surface area (Å²) in [5.74, 6) is -1.40. The van der Waals surface area contributed by atoms with Crippen molar-refractivity contribution in [2.75, 3.05) is 18.4 Å². The molecule has 0 saturated carbocycles. The number of hydrogen-bond donors (Lipinski definition) is 2. The first-order valence-corrected chi connectivity index (χ1v) is 9.79. The number of carbonyl (C=O) groups is 2. The average molecular weight is 407 g/mol. The number of carbonyl (C=O) groups excluding carboxylic acids is 2. The van der Waals surface area contributed by atoms with Gasteiger partial charge in [-0.25, -0.2) is 4.39 Å². The maximum Gasteiger partial charge on any atom is 0.313 e. The summed E-state index contributed by atoms with van der Waals surface area (Å²) in [6.45, 7) is 1.76. The van der Waals surface area contributed by atoms with Crippen LogP contribution >= 0.6 is 0 Å². The summed E-state index contributed by atoms with van der Waals surface area (Å²) in [4.78, 5) is 26.7. The Morgan fingerprint density at radius 1 is 1.03 bits per heavy atom. The molecule has 1 aliphatic rings. The van der Waals surface area contributed by atoms with E-state index in [2.05, 4.69) is 27.7 Å². The quantitative estimate of drug-likeness (QED) is 0.637. The lowest BCUT2D eigenvalue weighted by atomic mass is 9.98. The first kappa shape index (κ1) is 19.8. The molecule has 1 aliphatic heterocycles. The lowest BCUT2D eigenvalue weighted by Crippen LogP contribution is -2.43. The number of nitrogens with one attached hydrogen (secondary N) is 2. The number of fused-ring (bicyclic) bond motifs is 1. The van der Waals surface area contributed by atoms with E-state index in [0.29, 0.717) is 0 Å². The molecule has 3 aromatic rings. The van der Waals surface area contributed by atoms with Gasteiger partial charge < -0.3 is 15.1 Å². The molecule has 0 saturated heterocycles. The van der Waals surface area contributed by atoms with Crippen molar-refractivity contribution >= 4 is 17.5 Å². The molecule has 1 aromatic heterocycles. The summed E-state index contributed by atoms with van der Waals surface area (Å²) in [5, 5.41) is 5.09. The number of rotatable bonds is 5. The van der Waals surface area contributed by atoms with E-state index in [9.17, 15) is 14.0 Å². The number of anilines is 1. The van der Waals surface area contributed by atoms with Crippen molar-refractivity contribution in [2.45, 2.75) is 19.0 Å². The van der Waals surface area contributed by atoms with Gasteiger partial charge in [-0.1, -0.05) is 30.3 Å². The molecule has 2 amide bonds. The van der Waals surface area contributed by atoms with E-state index in [0.717, 1.165) is 31.3 Å². The Balaban J connectivity index is 1.42. The molecule has 30 heavy (non-hydrogen) atoms. The molecule has 0 radical (unpaired) electrons. The summed E-state index contributed by atoms with van der Waals surface area (Å²) in [7, 11) is 0.